The van der Waals surface area contributed by atoms with Gasteiger partial charge < -0.3 is 11.5 Å². The molecule has 142 valence electrons. The molecule has 26 heavy (non-hydrogen) atoms. The van der Waals surface area contributed by atoms with Crippen LogP contribution in [-0.2, 0) is 0 Å². The van der Waals surface area contributed by atoms with E-state index in [4.69, 9.17) is 11.5 Å². The lowest BCUT2D eigenvalue weighted by molar-refractivity contribution is 0.710. The van der Waals surface area contributed by atoms with E-state index in [0.29, 0.717) is 11.8 Å². The standard InChI is InChI=1S/C24H36N2/c1-15(2)13-19-21(17-9-5-6-10-17)20(14-16(3)4)24(26)22(23(19)25)18-11-7-8-12-18/h13-14,17-18H,5-12,25-26H2,1-4H3. The smallest absolute Gasteiger partial charge is 0.0447 e. The van der Waals surface area contributed by atoms with Crippen molar-refractivity contribution in [2.45, 2.75) is 90.9 Å². The van der Waals surface area contributed by atoms with Crippen molar-refractivity contribution >= 4 is 23.5 Å². The van der Waals surface area contributed by atoms with Crippen LogP contribution in [0.25, 0.3) is 12.2 Å². The molecule has 0 atom stereocenters. The third-order valence-corrected chi connectivity index (χ3v) is 6.13. The molecule has 4 N–H and O–H groups in total. The van der Waals surface area contributed by atoms with Crippen LogP contribution in [0.2, 0.25) is 0 Å². The van der Waals surface area contributed by atoms with Gasteiger partial charge in [-0.25, -0.2) is 0 Å². The lowest BCUT2D eigenvalue weighted by Gasteiger charge is -2.27. The highest BCUT2D eigenvalue weighted by Crippen LogP contribution is 2.49. The van der Waals surface area contributed by atoms with Gasteiger partial charge in [0.1, 0.15) is 0 Å². The summed E-state index contributed by atoms with van der Waals surface area (Å²) < 4.78 is 0. The topological polar surface area (TPSA) is 52.0 Å². The van der Waals surface area contributed by atoms with Gasteiger partial charge in [0, 0.05) is 28.1 Å². The Labute approximate surface area is 159 Å². The molecule has 2 aliphatic rings. The summed E-state index contributed by atoms with van der Waals surface area (Å²) in [6.07, 6.45) is 14.8. The monoisotopic (exact) mass is 352 g/mol. The van der Waals surface area contributed by atoms with Gasteiger partial charge in [0.05, 0.1) is 0 Å². The summed E-state index contributed by atoms with van der Waals surface area (Å²) in [4.78, 5) is 0. The summed E-state index contributed by atoms with van der Waals surface area (Å²) in [5.41, 5.74) is 23.4. The highest BCUT2D eigenvalue weighted by Gasteiger charge is 2.30. The molecule has 1 aromatic rings. The lowest BCUT2D eigenvalue weighted by Crippen LogP contribution is -2.13. The average Bonchev–Trinajstić information content (AvgIpc) is 3.25. The largest absolute Gasteiger partial charge is 0.398 e. The fourth-order valence-electron chi connectivity index (χ4n) is 5.07. The minimum absolute atomic E-state index is 0.529. The summed E-state index contributed by atoms with van der Waals surface area (Å²) in [7, 11) is 0. The van der Waals surface area contributed by atoms with Crippen LogP contribution in [0.1, 0.15) is 113 Å². The van der Waals surface area contributed by atoms with Crippen molar-refractivity contribution in [3.05, 3.63) is 33.4 Å². The Morgan fingerprint density at radius 2 is 1.00 bits per heavy atom. The Balaban J connectivity index is 2.32. The number of nitrogens with two attached hydrogens (primary N) is 2. The molecule has 3 rings (SSSR count). The zero-order chi connectivity index (χ0) is 18.8. The first kappa shape index (κ1) is 19.1. The lowest BCUT2D eigenvalue weighted by atomic mass is 9.80. The predicted molar refractivity (Wildman–Crippen MR) is 116 cm³/mol. The maximum absolute atomic E-state index is 6.84. The number of hydrogen-bond donors (Lipinski definition) is 2. The van der Waals surface area contributed by atoms with E-state index in [9.17, 15) is 0 Å². The van der Waals surface area contributed by atoms with Gasteiger partial charge in [0.2, 0.25) is 0 Å². The molecule has 0 aromatic heterocycles. The second-order valence-corrected chi connectivity index (χ2v) is 8.89. The van der Waals surface area contributed by atoms with Crippen LogP contribution in [0.3, 0.4) is 0 Å². The van der Waals surface area contributed by atoms with E-state index < -0.39 is 0 Å². The van der Waals surface area contributed by atoms with Crippen LogP contribution in [0, 0.1) is 0 Å². The van der Waals surface area contributed by atoms with Crippen LogP contribution in [-0.4, -0.2) is 0 Å². The molecule has 0 unspecified atom stereocenters. The minimum Gasteiger partial charge on any atom is -0.398 e. The Morgan fingerprint density at radius 3 is 1.35 bits per heavy atom. The Hall–Kier alpha value is -1.70. The molecule has 2 fully saturated rings. The molecular formula is C24H36N2. The molecule has 2 saturated carbocycles. The van der Waals surface area contributed by atoms with Gasteiger partial charge in [-0.05, 0) is 70.8 Å². The van der Waals surface area contributed by atoms with Crippen molar-refractivity contribution < 1.29 is 0 Å². The summed E-state index contributed by atoms with van der Waals surface area (Å²) in [6, 6.07) is 0. The van der Waals surface area contributed by atoms with E-state index in [1.165, 1.54) is 84.8 Å². The van der Waals surface area contributed by atoms with Crippen LogP contribution < -0.4 is 11.5 Å². The zero-order valence-electron chi connectivity index (χ0n) is 17.1. The van der Waals surface area contributed by atoms with Gasteiger partial charge in [0.25, 0.3) is 0 Å². The van der Waals surface area contributed by atoms with E-state index >= 15 is 0 Å². The molecule has 0 radical (unpaired) electrons. The molecule has 0 saturated heterocycles. The second-order valence-electron chi connectivity index (χ2n) is 8.89. The molecule has 2 heteroatoms. The number of rotatable bonds is 4. The van der Waals surface area contributed by atoms with Gasteiger partial charge in [-0.2, -0.15) is 0 Å². The first-order valence-electron chi connectivity index (χ1n) is 10.4. The SMILES string of the molecule is CC(C)=Cc1c(N)c(C2CCCC2)c(N)c(C=C(C)C)c1C1CCCC1. The molecule has 0 spiro atoms. The highest BCUT2D eigenvalue weighted by molar-refractivity contribution is 5.86. The van der Waals surface area contributed by atoms with Gasteiger partial charge in [0.15, 0.2) is 0 Å². The van der Waals surface area contributed by atoms with E-state index in [0.717, 1.165) is 11.4 Å². The third kappa shape index (κ3) is 3.70. The fourth-order valence-corrected chi connectivity index (χ4v) is 5.07. The maximum atomic E-state index is 6.84. The van der Waals surface area contributed by atoms with Crippen molar-refractivity contribution in [2.24, 2.45) is 0 Å². The van der Waals surface area contributed by atoms with Gasteiger partial charge >= 0.3 is 0 Å². The molecular weight excluding hydrogens is 316 g/mol. The zero-order valence-corrected chi connectivity index (χ0v) is 17.1. The predicted octanol–water partition coefficient (Wildman–Crippen LogP) is 7.01. The number of hydrogen-bond acceptors (Lipinski definition) is 2. The van der Waals surface area contributed by atoms with Crippen LogP contribution in [0.4, 0.5) is 11.4 Å². The fraction of sp³-hybridized carbons (Fsp3) is 0.583. The molecule has 1 aromatic carbocycles. The van der Waals surface area contributed by atoms with Crippen molar-refractivity contribution in [3.63, 3.8) is 0 Å². The molecule has 2 nitrogen and oxygen atoms in total. The summed E-state index contributed by atoms with van der Waals surface area (Å²) in [5.74, 6) is 1.12. The molecule has 0 aliphatic heterocycles. The molecule has 0 heterocycles. The summed E-state index contributed by atoms with van der Waals surface area (Å²) in [5, 5.41) is 0. The van der Waals surface area contributed by atoms with Gasteiger partial charge in [-0.15, -0.1) is 0 Å². The summed E-state index contributed by atoms with van der Waals surface area (Å²) in [6.45, 7) is 8.68. The number of benzene rings is 1. The normalized spacial score (nSPS) is 18.3. The van der Waals surface area contributed by atoms with Crippen LogP contribution in [0.5, 0.6) is 0 Å². The number of allylic oxidation sites excluding steroid dienone is 2. The molecule has 2 aliphatic carbocycles. The molecule has 0 bridgehead atoms. The van der Waals surface area contributed by atoms with Crippen LogP contribution in [0.15, 0.2) is 11.1 Å². The van der Waals surface area contributed by atoms with Crippen molar-refractivity contribution in [3.8, 4) is 0 Å². The number of nitrogen functional groups attached to an aromatic ring is 2. The first-order chi connectivity index (χ1) is 12.4. The van der Waals surface area contributed by atoms with Crippen LogP contribution >= 0.6 is 0 Å². The highest BCUT2D eigenvalue weighted by atomic mass is 14.7. The Kier molecular flexibility index (Phi) is 5.79. The first-order valence-corrected chi connectivity index (χ1v) is 10.4. The van der Waals surface area contributed by atoms with E-state index in [1.807, 2.05) is 0 Å². The third-order valence-electron chi connectivity index (χ3n) is 6.13. The maximum Gasteiger partial charge on any atom is 0.0447 e. The average molecular weight is 353 g/mol. The van der Waals surface area contributed by atoms with E-state index in [1.54, 1.807) is 0 Å². The number of anilines is 2. The van der Waals surface area contributed by atoms with Gasteiger partial charge in [-0.3, -0.25) is 0 Å². The second kappa shape index (κ2) is 7.90. The molecule has 0 amide bonds. The quantitative estimate of drug-likeness (QED) is 0.572. The Morgan fingerprint density at radius 1 is 0.654 bits per heavy atom. The van der Waals surface area contributed by atoms with E-state index in [-0.39, 0.29) is 0 Å². The van der Waals surface area contributed by atoms with Crippen molar-refractivity contribution in [1.82, 2.24) is 0 Å². The van der Waals surface area contributed by atoms with Gasteiger partial charge in [-0.1, -0.05) is 49.0 Å². The van der Waals surface area contributed by atoms with Crippen molar-refractivity contribution in [1.29, 1.82) is 0 Å². The van der Waals surface area contributed by atoms with Crippen molar-refractivity contribution in [2.75, 3.05) is 11.5 Å². The minimum atomic E-state index is 0.529. The van der Waals surface area contributed by atoms with E-state index in [2.05, 4.69) is 39.8 Å². The summed E-state index contributed by atoms with van der Waals surface area (Å²) >= 11 is 0. The Bertz CT molecular complexity index is 674.